The van der Waals surface area contributed by atoms with Crippen LogP contribution in [0.4, 0.5) is 0 Å². The molecule has 0 fully saturated rings. The molecule has 0 N–H and O–H groups in total. The zero-order chi connectivity index (χ0) is 12.5. The Labute approximate surface area is 110 Å². The number of fused-ring (bicyclic) bond motifs is 1. The molecule has 2 heterocycles. The molecule has 3 nitrogen and oxygen atoms in total. The maximum absolute atomic E-state index is 6.03. The van der Waals surface area contributed by atoms with Crippen LogP contribution in [-0.4, -0.2) is 14.5 Å². The fourth-order valence-electron chi connectivity index (χ4n) is 2.06. The van der Waals surface area contributed by atoms with E-state index in [-0.39, 0.29) is 0 Å². The van der Waals surface area contributed by atoms with E-state index < -0.39 is 0 Å². The van der Waals surface area contributed by atoms with Crippen molar-refractivity contribution in [3.8, 4) is 5.82 Å². The monoisotopic (exact) mass is 257 g/mol. The van der Waals surface area contributed by atoms with Crippen LogP contribution in [0.1, 0.15) is 11.4 Å². The van der Waals surface area contributed by atoms with Gasteiger partial charge in [0.15, 0.2) is 0 Å². The molecule has 90 valence electrons. The van der Waals surface area contributed by atoms with Crippen molar-refractivity contribution >= 4 is 22.5 Å². The number of benzene rings is 1. The maximum Gasteiger partial charge on any atom is 0.143 e. The number of para-hydroxylation sites is 1. The van der Waals surface area contributed by atoms with Crippen LogP contribution < -0.4 is 0 Å². The first-order chi connectivity index (χ1) is 8.79. The topological polar surface area (TPSA) is 30.7 Å². The second-order valence-corrected chi connectivity index (χ2v) is 4.41. The molecule has 0 unspecified atom stereocenters. The van der Waals surface area contributed by atoms with Gasteiger partial charge in [0, 0.05) is 23.3 Å². The SMILES string of the molecule is Cc1nccn1-c1nc2ccccc2cc1CCl. The van der Waals surface area contributed by atoms with Gasteiger partial charge in [-0.2, -0.15) is 0 Å². The van der Waals surface area contributed by atoms with E-state index in [1.165, 1.54) is 0 Å². The van der Waals surface area contributed by atoms with Crippen molar-refractivity contribution in [2.45, 2.75) is 12.8 Å². The molecule has 1 aromatic carbocycles. The summed E-state index contributed by atoms with van der Waals surface area (Å²) in [6.45, 7) is 1.95. The van der Waals surface area contributed by atoms with Crippen molar-refractivity contribution in [1.82, 2.24) is 14.5 Å². The Kier molecular flexibility index (Phi) is 2.76. The number of imidazole rings is 1. The van der Waals surface area contributed by atoms with Crippen molar-refractivity contribution < 1.29 is 0 Å². The first-order valence-corrected chi connectivity index (χ1v) is 6.28. The fourth-order valence-corrected chi connectivity index (χ4v) is 2.25. The molecule has 18 heavy (non-hydrogen) atoms. The van der Waals surface area contributed by atoms with Gasteiger partial charge < -0.3 is 0 Å². The highest BCUT2D eigenvalue weighted by molar-refractivity contribution is 6.17. The lowest BCUT2D eigenvalue weighted by Crippen LogP contribution is -2.03. The number of rotatable bonds is 2. The average Bonchev–Trinajstić information content (AvgIpc) is 2.83. The quantitative estimate of drug-likeness (QED) is 0.658. The van der Waals surface area contributed by atoms with Crippen molar-refractivity contribution in [1.29, 1.82) is 0 Å². The van der Waals surface area contributed by atoms with Crippen LogP contribution in [0.15, 0.2) is 42.7 Å². The van der Waals surface area contributed by atoms with Crippen molar-refractivity contribution in [3.05, 3.63) is 54.1 Å². The molecule has 0 saturated carbocycles. The largest absolute Gasteiger partial charge is 0.288 e. The molecular formula is C14H12ClN3. The normalized spacial score (nSPS) is 11.0. The first kappa shape index (κ1) is 11.2. The Morgan fingerprint density at radius 2 is 2.11 bits per heavy atom. The number of pyridine rings is 1. The molecule has 4 heteroatoms. The van der Waals surface area contributed by atoms with Gasteiger partial charge in [0.2, 0.25) is 0 Å². The molecule has 0 atom stereocenters. The van der Waals surface area contributed by atoms with Gasteiger partial charge in [0.25, 0.3) is 0 Å². The maximum atomic E-state index is 6.03. The summed E-state index contributed by atoms with van der Waals surface area (Å²) >= 11 is 6.03. The predicted molar refractivity (Wildman–Crippen MR) is 73.2 cm³/mol. The summed E-state index contributed by atoms with van der Waals surface area (Å²) in [6.07, 6.45) is 3.67. The number of hydrogen-bond donors (Lipinski definition) is 0. The molecule has 0 bridgehead atoms. The van der Waals surface area contributed by atoms with Crippen molar-refractivity contribution in [2.24, 2.45) is 0 Å². The number of aromatic nitrogens is 3. The Bertz CT molecular complexity index is 703. The predicted octanol–water partition coefficient (Wildman–Crippen LogP) is 3.47. The minimum atomic E-state index is 0.435. The van der Waals surface area contributed by atoms with Gasteiger partial charge in [-0.3, -0.25) is 4.57 Å². The van der Waals surface area contributed by atoms with Gasteiger partial charge in [0.05, 0.1) is 11.4 Å². The van der Waals surface area contributed by atoms with Crippen LogP contribution in [0.25, 0.3) is 16.7 Å². The van der Waals surface area contributed by atoms with Gasteiger partial charge in [-0.25, -0.2) is 9.97 Å². The van der Waals surface area contributed by atoms with E-state index in [1.807, 2.05) is 42.0 Å². The van der Waals surface area contributed by atoms with Gasteiger partial charge in [-0.15, -0.1) is 11.6 Å². The number of halogens is 1. The summed E-state index contributed by atoms with van der Waals surface area (Å²) in [5.41, 5.74) is 1.98. The number of hydrogen-bond acceptors (Lipinski definition) is 2. The summed E-state index contributed by atoms with van der Waals surface area (Å²) in [7, 11) is 0. The van der Waals surface area contributed by atoms with Gasteiger partial charge in [0.1, 0.15) is 11.6 Å². The van der Waals surface area contributed by atoms with Crippen LogP contribution in [0.2, 0.25) is 0 Å². The summed E-state index contributed by atoms with van der Waals surface area (Å²) in [5, 5.41) is 1.11. The molecule has 0 amide bonds. The van der Waals surface area contributed by atoms with E-state index in [0.717, 1.165) is 28.1 Å². The Morgan fingerprint density at radius 1 is 1.28 bits per heavy atom. The van der Waals surface area contributed by atoms with Gasteiger partial charge in [-0.05, 0) is 19.1 Å². The highest BCUT2D eigenvalue weighted by Crippen LogP contribution is 2.21. The van der Waals surface area contributed by atoms with Crippen molar-refractivity contribution in [3.63, 3.8) is 0 Å². The lowest BCUT2D eigenvalue weighted by molar-refractivity contribution is 0.926. The number of nitrogens with zero attached hydrogens (tertiary/aromatic N) is 3. The standard InChI is InChI=1S/C14H12ClN3/c1-10-16-6-7-18(10)14-12(9-15)8-11-4-2-3-5-13(11)17-14/h2-8H,9H2,1H3. The van der Waals surface area contributed by atoms with E-state index in [0.29, 0.717) is 5.88 Å². The lowest BCUT2D eigenvalue weighted by atomic mass is 10.1. The minimum Gasteiger partial charge on any atom is -0.288 e. The summed E-state index contributed by atoms with van der Waals surface area (Å²) in [6, 6.07) is 10.1. The lowest BCUT2D eigenvalue weighted by Gasteiger charge is -2.10. The van der Waals surface area contributed by atoms with Crippen LogP contribution in [0.5, 0.6) is 0 Å². The van der Waals surface area contributed by atoms with E-state index in [1.54, 1.807) is 6.20 Å². The average molecular weight is 258 g/mol. The third kappa shape index (κ3) is 1.77. The molecule has 0 aliphatic heterocycles. The second kappa shape index (κ2) is 4.42. The highest BCUT2D eigenvalue weighted by Gasteiger charge is 2.09. The van der Waals surface area contributed by atoms with Crippen LogP contribution >= 0.6 is 11.6 Å². The third-order valence-corrected chi connectivity index (χ3v) is 3.27. The third-order valence-electron chi connectivity index (χ3n) is 2.98. The zero-order valence-electron chi connectivity index (χ0n) is 9.97. The van der Waals surface area contributed by atoms with E-state index in [4.69, 9.17) is 11.6 Å². The van der Waals surface area contributed by atoms with E-state index >= 15 is 0 Å². The number of aryl methyl sites for hydroxylation is 1. The fraction of sp³-hybridized carbons (Fsp3) is 0.143. The smallest absolute Gasteiger partial charge is 0.143 e. The first-order valence-electron chi connectivity index (χ1n) is 5.74. The molecule has 0 radical (unpaired) electrons. The molecule has 0 spiro atoms. The van der Waals surface area contributed by atoms with Crippen LogP contribution in [0.3, 0.4) is 0 Å². The van der Waals surface area contributed by atoms with Crippen LogP contribution in [0, 0.1) is 6.92 Å². The van der Waals surface area contributed by atoms with Gasteiger partial charge in [-0.1, -0.05) is 18.2 Å². The highest BCUT2D eigenvalue weighted by atomic mass is 35.5. The van der Waals surface area contributed by atoms with Crippen LogP contribution in [-0.2, 0) is 5.88 Å². The molecule has 0 aliphatic rings. The summed E-state index contributed by atoms with van der Waals surface area (Å²) < 4.78 is 1.96. The summed E-state index contributed by atoms with van der Waals surface area (Å²) in [4.78, 5) is 8.92. The van der Waals surface area contributed by atoms with E-state index in [2.05, 4.69) is 16.0 Å². The Hall–Kier alpha value is -1.87. The van der Waals surface area contributed by atoms with E-state index in [9.17, 15) is 0 Å². The molecular weight excluding hydrogens is 246 g/mol. The molecule has 3 aromatic rings. The molecule has 0 aliphatic carbocycles. The molecule has 2 aromatic heterocycles. The Balaban J connectivity index is 2.31. The Morgan fingerprint density at radius 3 is 2.83 bits per heavy atom. The molecule has 3 rings (SSSR count). The zero-order valence-corrected chi connectivity index (χ0v) is 10.7. The second-order valence-electron chi connectivity index (χ2n) is 4.14. The minimum absolute atomic E-state index is 0.435. The van der Waals surface area contributed by atoms with Gasteiger partial charge >= 0.3 is 0 Å². The molecule has 0 saturated heterocycles. The summed E-state index contributed by atoms with van der Waals surface area (Å²) in [5.74, 6) is 2.20. The van der Waals surface area contributed by atoms with Crippen molar-refractivity contribution in [2.75, 3.05) is 0 Å². The number of alkyl halides is 1.